The Balaban J connectivity index is 2.65. The fraction of sp³-hybridized carbons (Fsp3) is 0.417. The van der Waals surface area contributed by atoms with Crippen LogP contribution in [0.1, 0.15) is 22.8 Å². The number of benzene rings is 1. The fourth-order valence-electron chi connectivity index (χ4n) is 1.44. The highest BCUT2D eigenvalue weighted by atomic mass is 32.2. The van der Waals surface area contributed by atoms with Crippen molar-refractivity contribution >= 4 is 16.7 Å². The Morgan fingerprint density at radius 2 is 2.18 bits per heavy atom. The molecule has 0 aliphatic rings. The van der Waals surface area contributed by atoms with Crippen molar-refractivity contribution in [3.8, 4) is 0 Å². The average Bonchev–Trinajstić information content (AvgIpc) is 2.28. The monoisotopic (exact) mass is 254 g/mol. The van der Waals surface area contributed by atoms with E-state index >= 15 is 0 Å². The van der Waals surface area contributed by atoms with Gasteiger partial charge in [0.05, 0.1) is 0 Å². The van der Waals surface area contributed by atoms with E-state index in [-0.39, 0.29) is 5.92 Å². The van der Waals surface area contributed by atoms with Crippen LogP contribution in [-0.4, -0.2) is 22.4 Å². The Hall–Kier alpha value is -1.20. The van der Waals surface area contributed by atoms with Crippen molar-refractivity contribution in [3.05, 3.63) is 35.4 Å². The van der Waals surface area contributed by atoms with E-state index in [4.69, 9.17) is 11.5 Å². The molecule has 0 bridgehead atoms. The summed E-state index contributed by atoms with van der Waals surface area (Å²) in [4.78, 5) is 11.0. The van der Waals surface area contributed by atoms with Crippen LogP contribution < -0.4 is 11.5 Å². The van der Waals surface area contributed by atoms with Crippen molar-refractivity contribution < 1.29 is 9.00 Å². The largest absolute Gasteiger partial charge is 0.366 e. The van der Waals surface area contributed by atoms with Crippen LogP contribution >= 0.6 is 0 Å². The number of carbonyl (C=O) groups is 1. The number of hydrogen-bond donors (Lipinski definition) is 2. The van der Waals surface area contributed by atoms with Gasteiger partial charge in [-0.25, -0.2) is 0 Å². The van der Waals surface area contributed by atoms with Gasteiger partial charge in [0.15, 0.2) is 0 Å². The molecule has 0 saturated carbocycles. The third-order valence-electron chi connectivity index (χ3n) is 2.41. The van der Waals surface area contributed by atoms with Gasteiger partial charge in [0.1, 0.15) is 0 Å². The second kappa shape index (κ2) is 6.51. The summed E-state index contributed by atoms with van der Waals surface area (Å²) >= 11 is 0. The van der Waals surface area contributed by atoms with Crippen molar-refractivity contribution in [1.82, 2.24) is 0 Å². The number of nitrogens with two attached hydrogens (primary N) is 2. The number of hydrogen-bond acceptors (Lipinski definition) is 3. The first kappa shape index (κ1) is 13.9. The summed E-state index contributed by atoms with van der Waals surface area (Å²) in [5.41, 5.74) is 12.0. The second-order valence-corrected chi connectivity index (χ2v) is 5.66. The lowest BCUT2D eigenvalue weighted by Crippen LogP contribution is -2.18. The SMILES string of the molecule is CC(CN)CS(=O)Cc1cccc(C(N)=O)c1. The summed E-state index contributed by atoms with van der Waals surface area (Å²) in [6, 6.07) is 6.93. The van der Waals surface area contributed by atoms with Crippen LogP contribution in [0.25, 0.3) is 0 Å². The molecule has 5 heteroatoms. The van der Waals surface area contributed by atoms with Gasteiger partial charge in [-0.15, -0.1) is 0 Å². The van der Waals surface area contributed by atoms with Gasteiger partial charge in [0.25, 0.3) is 0 Å². The molecule has 0 aromatic heterocycles. The molecule has 1 aromatic rings. The average molecular weight is 254 g/mol. The van der Waals surface area contributed by atoms with Crippen LogP contribution in [0.15, 0.2) is 24.3 Å². The number of amides is 1. The van der Waals surface area contributed by atoms with E-state index in [1.165, 1.54) is 0 Å². The maximum atomic E-state index is 11.8. The molecule has 0 fully saturated rings. The van der Waals surface area contributed by atoms with E-state index in [1.54, 1.807) is 18.2 Å². The maximum absolute atomic E-state index is 11.8. The molecule has 0 aliphatic heterocycles. The van der Waals surface area contributed by atoms with Gasteiger partial charge in [-0.3, -0.25) is 9.00 Å². The highest BCUT2D eigenvalue weighted by molar-refractivity contribution is 7.84. The molecular formula is C12H18N2O2S. The topological polar surface area (TPSA) is 86.2 Å². The van der Waals surface area contributed by atoms with Gasteiger partial charge < -0.3 is 11.5 Å². The first-order valence-corrected chi connectivity index (χ1v) is 6.95. The predicted octanol–water partition coefficient (Wildman–Crippen LogP) is 0.629. The quantitative estimate of drug-likeness (QED) is 0.780. The van der Waals surface area contributed by atoms with E-state index in [9.17, 15) is 9.00 Å². The molecule has 4 nitrogen and oxygen atoms in total. The van der Waals surface area contributed by atoms with E-state index in [0.717, 1.165) is 5.56 Å². The Morgan fingerprint density at radius 3 is 2.76 bits per heavy atom. The van der Waals surface area contributed by atoms with Gasteiger partial charge in [0, 0.05) is 27.9 Å². The van der Waals surface area contributed by atoms with Crippen molar-refractivity contribution in [2.45, 2.75) is 12.7 Å². The predicted molar refractivity (Wildman–Crippen MR) is 69.9 cm³/mol. The summed E-state index contributed by atoms with van der Waals surface area (Å²) in [5, 5.41) is 0. The molecule has 0 spiro atoms. The summed E-state index contributed by atoms with van der Waals surface area (Å²) in [7, 11) is -0.955. The lowest BCUT2D eigenvalue weighted by atomic mass is 10.1. The third kappa shape index (κ3) is 4.66. The van der Waals surface area contributed by atoms with Crippen LogP contribution in [0, 0.1) is 5.92 Å². The minimum absolute atomic E-state index is 0.246. The zero-order chi connectivity index (χ0) is 12.8. The van der Waals surface area contributed by atoms with Crippen LogP contribution in [0.4, 0.5) is 0 Å². The lowest BCUT2D eigenvalue weighted by Gasteiger charge is -2.08. The molecule has 0 radical (unpaired) electrons. The molecule has 0 saturated heterocycles. The van der Waals surface area contributed by atoms with Crippen molar-refractivity contribution in [2.24, 2.45) is 17.4 Å². The Morgan fingerprint density at radius 1 is 1.47 bits per heavy atom. The summed E-state index contributed by atoms with van der Waals surface area (Å²) in [6.45, 7) is 2.50. The summed E-state index contributed by atoms with van der Waals surface area (Å²) in [5.74, 6) is 0.797. The number of rotatable bonds is 6. The maximum Gasteiger partial charge on any atom is 0.248 e. The molecule has 1 aromatic carbocycles. The zero-order valence-corrected chi connectivity index (χ0v) is 10.7. The molecule has 2 atom stereocenters. The normalized spacial score (nSPS) is 14.2. The summed E-state index contributed by atoms with van der Waals surface area (Å²) in [6.07, 6.45) is 0. The molecule has 4 N–H and O–H groups in total. The highest BCUT2D eigenvalue weighted by Crippen LogP contribution is 2.09. The first-order valence-electron chi connectivity index (χ1n) is 5.46. The van der Waals surface area contributed by atoms with E-state index in [0.29, 0.717) is 23.6 Å². The molecule has 94 valence electrons. The molecule has 17 heavy (non-hydrogen) atoms. The molecule has 0 heterocycles. The van der Waals surface area contributed by atoms with Gasteiger partial charge in [0.2, 0.25) is 5.91 Å². The van der Waals surface area contributed by atoms with Gasteiger partial charge in [-0.1, -0.05) is 19.1 Å². The standard InChI is InChI=1S/C12H18N2O2S/c1-9(6-13)7-17(16)8-10-3-2-4-11(5-10)12(14)15/h2-5,9H,6-8,13H2,1H3,(H2,14,15). The van der Waals surface area contributed by atoms with Gasteiger partial charge >= 0.3 is 0 Å². The van der Waals surface area contributed by atoms with E-state index < -0.39 is 16.7 Å². The molecule has 2 unspecified atom stereocenters. The Bertz CT molecular complexity index is 421. The van der Waals surface area contributed by atoms with Crippen molar-refractivity contribution in [2.75, 3.05) is 12.3 Å². The zero-order valence-electron chi connectivity index (χ0n) is 9.89. The van der Waals surface area contributed by atoms with Crippen LogP contribution in [0.5, 0.6) is 0 Å². The first-order chi connectivity index (χ1) is 8.02. The molecule has 0 aliphatic carbocycles. The van der Waals surface area contributed by atoms with E-state index in [1.807, 2.05) is 13.0 Å². The van der Waals surface area contributed by atoms with Crippen LogP contribution in [0.3, 0.4) is 0 Å². The van der Waals surface area contributed by atoms with E-state index in [2.05, 4.69) is 0 Å². The Kier molecular flexibility index (Phi) is 5.31. The summed E-state index contributed by atoms with van der Waals surface area (Å²) < 4.78 is 11.8. The highest BCUT2D eigenvalue weighted by Gasteiger charge is 2.08. The smallest absolute Gasteiger partial charge is 0.248 e. The number of primary amides is 1. The minimum atomic E-state index is -0.955. The third-order valence-corrected chi connectivity index (χ3v) is 4.01. The van der Waals surface area contributed by atoms with Gasteiger partial charge in [-0.05, 0) is 30.2 Å². The lowest BCUT2D eigenvalue weighted by molar-refractivity contribution is 0.1000. The van der Waals surface area contributed by atoms with Gasteiger partial charge in [-0.2, -0.15) is 0 Å². The van der Waals surface area contributed by atoms with Crippen molar-refractivity contribution in [1.29, 1.82) is 0 Å². The second-order valence-electron chi connectivity index (χ2n) is 4.16. The Labute approximate surface area is 104 Å². The fourth-order valence-corrected chi connectivity index (χ4v) is 2.88. The van der Waals surface area contributed by atoms with Crippen molar-refractivity contribution in [3.63, 3.8) is 0 Å². The van der Waals surface area contributed by atoms with Crippen LogP contribution in [-0.2, 0) is 16.6 Å². The number of carbonyl (C=O) groups excluding carboxylic acids is 1. The minimum Gasteiger partial charge on any atom is -0.366 e. The van der Waals surface area contributed by atoms with Crippen LogP contribution in [0.2, 0.25) is 0 Å². The molecular weight excluding hydrogens is 236 g/mol. The molecule has 1 amide bonds. The molecule has 1 rings (SSSR count).